The number of rotatable bonds is 39. The molecule has 2 aliphatic rings. The molecule has 0 aromatic rings. The van der Waals surface area contributed by atoms with Crippen LogP contribution in [-0.4, -0.2) is 142 Å². The number of esters is 1. The fourth-order valence-electron chi connectivity index (χ4n) is 7.67. The van der Waals surface area contributed by atoms with E-state index in [1.54, 1.807) is 0 Å². The maximum Gasteiger partial charge on any atom is 0.306 e. The van der Waals surface area contributed by atoms with Gasteiger partial charge in [-0.15, -0.1) is 0 Å². The second-order valence-electron chi connectivity index (χ2n) is 17.6. The van der Waals surface area contributed by atoms with E-state index in [9.17, 15) is 40.5 Å². The van der Waals surface area contributed by atoms with E-state index in [1.807, 2.05) is 6.08 Å². The van der Waals surface area contributed by atoms with Crippen LogP contribution in [-0.2, 0) is 33.2 Å². The third-order valence-electron chi connectivity index (χ3n) is 11.8. The van der Waals surface area contributed by atoms with Crippen molar-refractivity contribution in [3.05, 3.63) is 60.8 Å². The van der Waals surface area contributed by atoms with E-state index in [4.69, 9.17) is 28.4 Å². The average Bonchev–Trinajstić information content (AvgIpc) is 3.31. The summed E-state index contributed by atoms with van der Waals surface area (Å²) in [5.74, 6) is -0.433. The van der Waals surface area contributed by atoms with E-state index in [0.29, 0.717) is 19.4 Å². The Hall–Kier alpha value is -2.31. The largest absolute Gasteiger partial charge is 0.457 e. The van der Waals surface area contributed by atoms with Crippen LogP contribution in [0.3, 0.4) is 0 Å². The molecule has 0 amide bonds. The maximum atomic E-state index is 13.0. The number of ether oxygens (including phenoxy) is 6. The molecule has 2 rings (SSSR count). The minimum Gasteiger partial charge on any atom is -0.457 e. The van der Waals surface area contributed by atoms with Gasteiger partial charge in [0, 0.05) is 13.0 Å². The van der Waals surface area contributed by atoms with Crippen molar-refractivity contribution in [2.45, 2.75) is 229 Å². The van der Waals surface area contributed by atoms with E-state index in [-0.39, 0.29) is 19.6 Å². The van der Waals surface area contributed by atoms with Crippen molar-refractivity contribution in [1.29, 1.82) is 0 Å². The Morgan fingerprint density at radius 1 is 0.515 bits per heavy atom. The van der Waals surface area contributed by atoms with Gasteiger partial charge in [-0.25, -0.2) is 0 Å². The van der Waals surface area contributed by atoms with Gasteiger partial charge >= 0.3 is 5.97 Å². The molecule has 0 radical (unpaired) electrons. The summed E-state index contributed by atoms with van der Waals surface area (Å²) < 4.78 is 34.2. The van der Waals surface area contributed by atoms with E-state index >= 15 is 0 Å². The van der Waals surface area contributed by atoms with Crippen LogP contribution in [0.5, 0.6) is 0 Å². The van der Waals surface area contributed by atoms with Gasteiger partial charge in [-0.2, -0.15) is 0 Å². The molecule has 2 saturated heterocycles. The van der Waals surface area contributed by atoms with Crippen LogP contribution < -0.4 is 0 Å². The molecule has 0 spiro atoms. The highest BCUT2D eigenvalue weighted by atomic mass is 16.7. The molecule has 14 nitrogen and oxygen atoms in total. The highest BCUT2D eigenvalue weighted by Gasteiger charge is 2.47. The van der Waals surface area contributed by atoms with Gasteiger partial charge in [0.1, 0.15) is 54.9 Å². The standard InChI is InChI=1S/C52H90O14/c1-3-5-7-9-11-13-15-17-19-20-21-23-25-27-29-31-33-35-44(54)64-41(38-61-36-34-32-30-28-26-24-22-18-16-14-12-10-8-6-4-2)39-62-51-50(60)48(58)46(56)43(66-51)40-63-52-49(59)47(57)45(55)42(37-53)65-52/h5,7,11,13,17,19,21,23,27,29,41-43,45-53,55-60H,3-4,6,8-10,12,14-16,18,20,22,24-26,28,30-40H2,1-2H3/b7-5-,13-11-,19-17-,23-21-,29-27-. The Kier molecular flexibility index (Phi) is 35.8. The molecule has 11 unspecified atom stereocenters. The first kappa shape index (κ1) is 59.8. The van der Waals surface area contributed by atoms with E-state index in [0.717, 1.165) is 51.4 Å². The summed E-state index contributed by atoms with van der Waals surface area (Å²) in [7, 11) is 0. The quantitative estimate of drug-likeness (QED) is 0.0183. The lowest BCUT2D eigenvalue weighted by Gasteiger charge is -2.42. The van der Waals surface area contributed by atoms with Gasteiger partial charge in [-0.1, -0.05) is 164 Å². The van der Waals surface area contributed by atoms with Crippen molar-refractivity contribution >= 4 is 5.97 Å². The number of hydrogen-bond donors (Lipinski definition) is 7. The van der Waals surface area contributed by atoms with Crippen LogP contribution in [0, 0.1) is 0 Å². The minimum atomic E-state index is -1.72. The maximum absolute atomic E-state index is 13.0. The van der Waals surface area contributed by atoms with Crippen molar-refractivity contribution in [3.8, 4) is 0 Å². The van der Waals surface area contributed by atoms with E-state index in [2.05, 4.69) is 68.5 Å². The number of aliphatic hydroxyl groups excluding tert-OH is 7. The normalized spacial score (nSPS) is 26.8. The molecule has 0 aromatic carbocycles. The summed E-state index contributed by atoms with van der Waals surface area (Å²) in [5, 5.41) is 72.1. The highest BCUT2D eigenvalue weighted by molar-refractivity contribution is 5.69. The third kappa shape index (κ3) is 27.0. The van der Waals surface area contributed by atoms with Crippen molar-refractivity contribution in [2.75, 3.05) is 33.0 Å². The van der Waals surface area contributed by atoms with Crippen LogP contribution in [0.1, 0.15) is 162 Å². The Labute approximate surface area is 396 Å². The molecule has 0 aliphatic carbocycles. The SMILES string of the molecule is CC/C=C\C/C=C\C/C=C\C/C=C\C/C=C\CCCC(=O)OC(COCCCCCCCCCCCCCCCCC)COC1OC(COC2OC(CO)C(O)C(O)C2O)C(O)C(O)C1O. The summed E-state index contributed by atoms with van der Waals surface area (Å²) >= 11 is 0. The summed E-state index contributed by atoms with van der Waals surface area (Å²) in [6.45, 7) is 3.50. The van der Waals surface area contributed by atoms with Crippen molar-refractivity contribution in [1.82, 2.24) is 0 Å². The summed E-state index contributed by atoms with van der Waals surface area (Å²) in [5.41, 5.74) is 0. The van der Waals surface area contributed by atoms with Gasteiger partial charge in [-0.3, -0.25) is 4.79 Å². The number of carbonyl (C=O) groups is 1. The van der Waals surface area contributed by atoms with Crippen LogP contribution in [0.25, 0.3) is 0 Å². The lowest BCUT2D eigenvalue weighted by atomic mass is 9.98. The monoisotopic (exact) mass is 939 g/mol. The first-order valence-electron chi connectivity index (χ1n) is 25.4. The number of carbonyl (C=O) groups excluding carboxylic acids is 1. The van der Waals surface area contributed by atoms with Gasteiger partial charge in [0.05, 0.1) is 26.4 Å². The van der Waals surface area contributed by atoms with Gasteiger partial charge in [0.15, 0.2) is 12.6 Å². The molecule has 0 aromatic heterocycles. The molecule has 0 saturated carbocycles. The molecule has 7 N–H and O–H groups in total. The number of hydrogen-bond acceptors (Lipinski definition) is 14. The Balaban J connectivity index is 1.81. The zero-order valence-corrected chi connectivity index (χ0v) is 40.4. The summed E-state index contributed by atoms with van der Waals surface area (Å²) in [6, 6.07) is 0. The first-order valence-corrected chi connectivity index (χ1v) is 25.4. The van der Waals surface area contributed by atoms with E-state index in [1.165, 1.54) is 77.0 Å². The van der Waals surface area contributed by atoms with Gasteiger partial charge in [0.25, 0.3) is 0 Å². The molecule has 2 fully saturated rings. The Morgan fingerprint density at radius 3 is 1.48 bits per heavy atom. The lowest BCUT2D eigenvalue weighted by Crippen LogP contribution is -2.61. The highest BCUT2D eigenvalue weighted by Crippen LogP contribution is 2.26. The second-order valence-corrected chi connectivity index (χ2v) is 17.6. The molecule has 382 valence electrons. The zero-order valence-electron chi connectivity index (χ0n) is 40.4. The van der Waals surface area contributed by atoms with E-state index < -0.39 is 86.7 Å². The Bertz CT molecular complexity index is 1320. The van der Waals surface area contributed by atoms with Gasteiger partial charge in [0.2, 0.25) is 0 Å². The predicted molar refractivity (Wildman–Crippen MR) is 256 cm³/mol. The Morgan fingerprint density at radius 2 is 0.970 bits per heavy atom. The topological polar surface area (TPSA) is 214 Å². The number of allylic oxidation sites excluding steroid dienone is 10. The summed E-state index contributed by atoms with van der Waals surface area (Å²) in [4.78, 5) is 13.0. The van der Waals surface area contributed by atoms with Gasteiger partial charge < -0.3 is 64.2 Å². The molecule has 0 bridgehead atoms. The third-order valence-corrected chi connectivity index (χ3v) is 11.8. The second kappa shape index (κ2) is 39.5. The molecule has 2 heterocycles. The zero-order chi connectivity index (χ0) is 48.0. The fourth-order valence-corrected chi connectivity index (χ4v) is 7.67. The number of unbranched alkanes of at least 4 members (excludes halogenated alkanes) is 15. The minimum absolute atomic E-state index is 0.0384. The van der Waals surface area contributed by atoms with Crippen LogP contribution in [0.4, 0.5) is 0 Å². The first-order chi connectivity index (χ1) is 32.1. The van der Waals surface area contributed by atoms with Gasteiger partial charge in [-0.05, 0) is 51.4 Å². The van der Waals surface area contributed by atoms with Crippen LogP contribution >= 0.6 is 0 Å². The van der Waals surface area contributed by atoms with Crippen LogP contribution in [0.15, 0.2) is 60.8 Å². The predicted octanol–water partition coefficient (Wildman–Crippen LogP) is 7.35. The summed E-state index contributed by atoms with van der Waals surface area (Å²) in [6.07, 6.45) is 30.0. The molecule has 2 aliphatic heterocycles. The molecular formula is C52H90O14. The molecule has 66 heavy (non-hydrogen) atoms. The van der Waals surface area contributed by atoms with Crippen molar-refractivity contribution < 1.29 is 69.0 Å². The smallest absolute Gasteiger partial charge is 0.306 e. The van der Waals surface area contributed by atoms with Crippen LogP contribution in [0.2, 0.25) is 0 Å². The lowest BCUT2D eigenvalue weighted by molar-refractivity contribution is -0.332. The molecule has 11 atom stereocenters. The molecule has 14 heteroatoms. The number of aliphatic hydroxyl groups is 7. The van der Waals surface area contributed by atoms with Crippen molar-refractivity contribution in [3.63, 3.8) is 0 Å². The van der Waals surface area contributed by atoms with Crippen molar-refractivity contribution in [2.24, 2.45) is 0 Å². The molecular weight excluding hydrogens is 849 g/mol. The fraction of sp³-hybridized carbons (Fsp3) is 0.788. The average molecular weight is 939 g/mol.